The van der Waals surface area contributed by atoms with Gasteiger partial charge in [-0.15, -0.1) is 0 Å². The number of esters is 2. The lowest BCUT2D eigenvalue weighted by Crippen LogP contribution is -2.47. The lowest BCUT2D eigenvalue weighted by molar-refractivity contribution is -0.144. The molecule has 0 fully saturated rings. The first-order valence-corrected chi connectivity index (χ1v) is 22.5. The smallest absolute Gasteiger partial charge is 0.305 e. The Hall–Kier alpha value is -1.14. The second-order valence-electron chi connectivity index (χ2n) is 16.3. The molecule has 304 valence electrons. The molecular weight excluding hydrogens is 634 g/mol. The molecule has 6 nitrogen and oxygen atoms in total. The normalized spacial score (nSPS) is 11.9. The third kappa shape index (κ3) is 33.2. The number of nitrogens with zero attached hydrogens (tertiary/aromatic N) is 1. The monoisotopic (exact) mass is 724 g/mol. The number of hydrogen-bond donors (Lipinski definition) is 1. The lowest BCUT2D eigenvalue weighted by Gasteiger charge is -2.37. The predicted molar refractivity (Wildman–Crippen MR) is 218 cm³/mol. The summed E-state index contributed by atoms with van der Waals surface area (Å²) in [6, 6.07) is 0. The molecule has 0 radical (unpaired) electrons. The summed E-state index contributed by atoms with van der Waals surface area (Å²) in [5, 5.41) is 10.0. The predicted octanol–water partition coefficient (Wildman–Crippen LogP) is 12.9. The topological polar surface area (TPSA) is 76.1 Å². The largest absolute Gasteiger partial charge is 0.466 e. The summed E-state index contributed by atoms with van der Waals surface area (Å²) in [6.07, 6.45) is 36.3. The summed E-state index contributed by atoms with van der Waals surface area (Å²) < 4.78 is 11.1. The van der Waals surface area contributed by atoms with Crippen LogP contribution in [-0.4, -0.2) is 60.4 Å². The van der Waals surface area contributed by atoms with Crippen LogP contribution in [0.4, 0.5) is 0 Å². The van der Waals surface area contributed by atoms with Crippen molar-refractivity contribution in [3.05, 3.63) is 0 Å². The van der Waals surface area contributed by atoms with Crippen molar-refractivity contribution in [2.24, 2.45) is 5.92 Å². The second-order valence-corrected chi connectivity index (χ2v) is 16.3. The van der Waals surface area contributed by atoms with E-state index in [4.69, 9.17) is 9.47 Å². The molecule has 0 bridgehead atoms. The molecule has 0 unspecified atom stereocenters. The van der Waals surface area contributed by atoms with Gasteiger partial charge in [0.2, 0.25) is 0 Å². The van der Waals surface area contributed by atoms with Crippen molar-refractivity contribution < 1.29 is 24.2 Å². The third-order valence-corrected chi connectivity index (χ3v) is 10.8. The van der Waals surface area contributed by atoms with Gasteiger partial charge in [0.25, 0.3) is 0 Å². The number of unbranched alkanes of at least 4 members (excludes halogenated alkanes) is 20. The zero-order valence-electron chi connectivity index (χ0n) is 35.1. The lowest BCUT2D eigenvalue weighted by atomic mass is 9.91. The van der Waals surface area contributed by atoms with E-state index in [0.717, 1.165) is 89.6 Å². The van der Waals surface area contributed by atoms with Gasteiger partial charge in [0.15, 0.2) is 0 Å². The first kappa shape index (κ1) is 49.9. The molecule has 6 heteroatoms. The highest BCUT2D eigenvalue weighted by Crippen LogP contribution is 2.23. The number of rotatable bonds is 40. The summed E-state index contributed by atoms with van der Waals surface area (Å²) in [5.41, 5.74) is -0.248. The van der Waals surface area contributed by atoms with Crippen molar-refractivity contribution in [3.8, 4) is 0 Å². The van der Waals surface area contributed by atoms with E-state index in [1.807, 2.05) is 0 Å². The number of aliphatic hydroxyl groups excluding tert-OH is 1. The molecule has 0 aliphatic rings. The Kier molecular flexibility index (Phi) is 36.4. The second kappa shape index (κ2) is 37.2. The molecule has 0 rings (SSSR count). The highest BCUT2D eigenvalue weighted by Gasteiger charge is 2.25. The van der Waals surface area contributed by atoms with E-state index in [-0.39, 0.29) is 24.1 Å². The zero-order chi connectivity index (χ0) is 37.7. The molecule has 0 aromatic rings. The molecule has 0 saturated heterocycles. The van der Waals surface area contributed by atoms with Gasteiger partial charge in [0.05, 0.1) is 19.8 Å². The number of carbonyl (C=O) groups excluding carboxylic acids is 2. The highest BCUT2D eigenvalue weighted by molar-refractivity contribution is 5.69. The molecule has 0 aliphatic heterocycles. The van der Waals surface area contributed by atoms with Crippen LogP contribution >= 0.6 is 0 Å². The van der Waals surface area contributed by atoms with E-state index in [9.17, 15) is 14.7 Å². The third-order valence-electron chi connectivity index (χ3n) is 10.8. The molecule has 0 aromatic carbocycles. The Labute approximate surface area is 318 Å². The number of hydrogen-bond acceptors (Lipinski definition) is 6. The summed E-state index contributed by atoms with van der Waals surface area (Å²) in [5.74, 6) is 0.715. The van der Waals surface area contributed by atoms with Crippen LogP contribution in [0.2, 0.25) is 0 Å². The van der Waals surface area contributed by atoms with Gasteiger partial charge in [-0.05, 0) is 77.8 Å². The maximum absolute atomic E-state index is 12.3. The Morgan fingerprint density at radius 1 is 0.490 bits per heavy atom. The van der Waals surface area contributed by atoms with Gasteiger partial charge in [0.1, 0.15) is 0 Å². The van der Waals surface area contributed by atoms with Gasteiger partial charge >= 0.3 is 11.9 Å². The molecule has 0 amide bonds. The minimum absolute atomic E-state index is 0.0274. The molecule has 1 N–H and O–H groups in total. The van der Waals surface area contributed by atoms with Crippen LogP contribution in [0.5, 0.6) is 0 Å². The Morgan fingerprint density at radius 2 is 0.843 bits per heavy atom. The van der Waals surface area contributed by atoms with Gasteiger partial charge in [-0.25, -0.2) is 0 Å². The van der Waals surface area contributed by atoms with Gasteiger partial charge in [-0.3, -0.25) is 14.5 Å². The fraction of sp³-hybridized carbons (Fsp3) is 0.956. The fourth-order valence-corrected chi connectivity index (χ4v) is 7.12. The molecule has 0 aliphatic carbocycles. The van der Waals surface area contributed by atoms with E-state index in [0.29, 0.717) is 26.1 Å². The standard InChI is InChI=1S/C45H89NO5/c1-6-9-12-15-16-17-18-22-30-39-50-43(48)36-27-23-29-38-46(45(4,5)41-47)37-28-21-19-20-26-35-44(49)51-40-31-34-42(32-24-13-10-7-2)33-25-14-11-8-3/h42,47H,6-41H2,1-5H3. The van der Waals surface area contributed by atoms with Crippen molar-refractivity contribution >= 4 is 11.9 Å². The summed E-state index contributed by atoms with van der Waals surface area (Å²) >= 11 is 0. The number of carbonyl (C=O) groups is 2. The van der Waals surface area contributed by atoms with Gasteiger partial charge in [-0.1, -0.05) is 162 Å². The van der Waals surface area contributed by atoms with Crippen LogP contribution in [0.15, 0.2) is 0 Å². The highest BCUT2D eigenvalue weighted by atomic mass is 16.5. The Bertz CT molecular complexity index is 745. The summed E-state index contributed by atoms with van der Waals surface area (Å²) in [7, 11) is 0. The maximum Gasteiger partial charge on any atom is 0.305 e. The van der Waals surface area contributed by atoms with Crippen LogP contribution in [0.3, 0.4) is 0 Å². The molecule has 51 heavy (non-hydrogen) atoms. The Balaban J connectivity index is 4.00. The van der Waals surface area contributed by atoms with Crippen molar-refractivity contribution in [2.45, 2.75) is 239 Å². The van der Waals surface area contributed by atoms with Crippen LogP contribution in [-0.2, 0) is 19.1 Å². The zero-order valence-corrected chi connectivity index (χ0v) is 35.1. The summed E-state index contributed by atoms with van der Waals surface area (Å²) in [4.78, 5) is 26.9. The van der Waals surface area contributed by atoms with E-state index in [2.05, 4.69) is 39.5 Å². The molecule has 0 aromatic heterocycles. The van der Waals surface area contributed by atoms with E-state index >= 15 is 0 Å². The first-order valence-electron chi connectivity index (χ1n) is 22.5. The van der Waals surface area contributed by atoms with Crippen molar-refractivity contribution in [1.82, 2.24) is 4.90 Å². The van der Waals surface area contributed by atoms with Crippen molar-refractivity contribution in [3.63, 3.8) is 0 Å². The van der Waals surface area contributed by atoms with E-state index < -0.39 is 0 Å². The van der Waals surface area contributed by atoms with Crippen LogP contribution in [0.1, 0.15) is 234 Å². The Morgan fingerprint density at radius 3 is 1.31 bits per heavy atom. The summed E-state index contributed by atoms with van der Waals surface area (Å²) in [6.45, 7) is 14.2. The van der Waals surface area contributed by atoms with Crippen molar-refractivity contribution in [1.29, 1.82) is 0 Å². The minimum Gasteiger partial charge on any atom is -0.466 e. The molecular formula is C45H89NO5. The van der Waals surface area contributed by atoms with E-state index in [1.54, 1.807) is 0 Å². The quantitative estimate of drug-likeness (QED) is 0.0501. The molecule has 0 spiro atoms. The average Bonchev–Trinajstić information content (AvgIpc) is 3.12. The van der Waals surface area contributed by atoms with Gasteiger partial charge in [-0.2, -0.15) is 0 Å². The van der Waals surface area contributed by atoms with Crippen LogP contribution in [0, 0.1) is 5.92 Å². The van der Waals surface area contributed by atoms with E-state index in [1.165, 1.54) is 116 Å². The fourth-order valence-electron chi connectivity index (χ4n) is 7.12. The average molecular weight is 724 g/mol. The van der Waals surface area contributed by atoms with Gasteiger partial charge < -0.3 is 14.6 Å². The number of aliphatic hydroxyl groups is 1. The SMILES string of the molecule is CCCCCCCCCCCOC(=O)CCCCCN(CCCCCCCC(=O)OCCCC(CCCCCC)CCCCCC)C(C)(C)CO. The molecule has 0 saturated carbocycles. The van der Waals surface area contributed by atoms with Crippen LogP contribution in [0.25, 0.3) is 0 Å². The first-order chi connectivity index (χ1) is 24.8. The minimum atomic E-state index is -0.248. The number of ether oxygens (including phenoxy) is 2. The van der Waals surface area contributed by atoms with Crippen LogP contribution < -0.4 is 0 Å². The van der Waals surface area contributed by atoms with Crippen molar-refractivity contribution in [2.75, 3.05) is 32.9 Å². The van der Waals surface area contributed by atoms with Gasteiger partial charge in [0, 0.05) is 18.4 Å². The maximum atomic E-state index is 12.3. The molecule has 0 atom stereocenters. The molecule has 0 heterocycles.